The summed E-state index contributed by atoms with van der Waals surface area (Å²) in [4.78, 5) is 2.34. The van der Waals surface area contributed by atoms with Gasteiger partial charge in [-0.15, -0.1) is 12.4 Å². The van der Waals surface area contributed by atoms with Crippen molar-refractivity contribution >= 4 is 24.2 Å². The van der Waals surface area contributed by atoms with Crippen LogP contribution in [0.5, 0.6) is 0 Å². The molecule has 1 aliphatic heterocycles. The summed E-state index contributed by atoms with van der Waals surface area (Å²) in [7, 11) is 4.35. The van der Waals surface area contributed by atoms with Gasteiger partial charge in [-0.25, -0.2) is 0 Å². The zero-order valence-corrected chi connectivity index (χ0v) is 8.30. The first-order valence-electron chi connectivity index (χ1n) is 3.55. The predicted octanol–water partition coefficient (Wildman–Crippen LogP) is 1.87. The van der Waals surface area contributed by atoms with Crippen LogP contribution in [0.25, 0.3) is 0 Å². The maximum Gasteiger partial charge on any atom is 0.0180 e. The van der Waals surface area contributed by atoms with E-state index in [-0.39, 0.29) is 12.4 Å². The Morgan fingerprint density at radius 2 is 2.10 bits per heavy atom. The molecule has 1 nitrogen and oxygen atoms in total. The van der Waals surface area contributed by atoms with Crippen molar-refractivity contribution in [2.45, 2.75) is 18.9 Å². The molecule has 0 aromatic heterocycles. The molecule has 0 bridgehead atoms. The minimum absolute atomic E-state index is 0. The first-order valence-corrected chi connectivity index (χ1v) is 4.70. The maximum absolute atomic E-state index is 2.34. The van der Waals surface area contributed by atoms with E-state index < -0.39 is 0 Å². The highest BCUT2D eigenvalue weighted by Gasteiger charge is 2.14. The van der Waals surface area contributed by atoms with Crippen LogP contribution in [-0.4, -0.2) is 36.5 Å². The topological polar surface area (TPSA) is 3.24 Å². The van der Waals surface area contributed by atoms with Gasteiger partial charge in [-0.05, 0) is 32.7 Å². The Hall–Kier alpha value is 0.600. The maximum atomic E-state index is 2.34. The quantitative estimate of drug-likeness (QED) is 0.608. The third kappa shape index (κ3) is 3.13. The van der Waals surface area contributed by atoms with Gasteiger partial charge < -0.3 is 4.90 Å². The van der Waals surface area contributed by atoms with Crippen molar-refractivity contribution in [2.75, 3.05) is 25.6 Å². The van der Waals surface area contributed by atoms with Gasteiger partial charge in [0.1, 0.15) is 0 Å². The third-order valence-electron chi connectivity index (χ3n) is 1.87. The number of thioether (sulfide) groups is 1. The molecular weight excluding hydrogens is 166 g/mol. The van der Waals surface area contributed by atoms with Gasteiger partial charge in [0.2, 0.25) is 0 Å². The Morgan fingerprint density at radius 1 is 1.40 bits per heavy atom. The number of halogens is 1. The van der Waals surface area contributed by atoms with Crippen molar-refractivity contribution in [3.8, 4) is 0 Å². The lowest BCUT2D eigenvalue weighted by atomic mass is 10.2. The molecule has 0 N–H and O–H groups in total. The first kappa shape index (κ1) is 10.6. The van der Waals surface area contributed by atoms with Crippen molar-refractivity contribution in [3.63, 3.8) is 0 Å². The van der Waals surface area contributed by atoms with E-state index in [0.29, 0.717) is 0 Å². The van der Waals surface area contributed by atoms with E-state index in [4.69, 9.17) is 0 Å². The molecule has 1 heterocycles. The molecule has 1 unspecified atom stereocenters. The third-order valence-corrected chi connectivity index (χ3v) is 3.06. The van der Waals surface area contributed by atoms with Gasteiger partial charge in [0.25, 0.3) is 0 Å². The Bertz CT molecular complexity index is 81.7. The van der Waals surface area contributed by atoms with Crippen LogP contribution in [0.2, 0.25) is 0 Å². The molecule has 10 heavy (non-hydrogen) atoms. The monoisotopic (exact) mass is 181 g/mol. The van der Waals surface area contributed by atoms with Crippen molar-refractivity contribution in [1.82, 2.24) is 4.90 Å². The van der Waals surface area contributed by atoms with E-state index in [2.05, 4.69) is 30.8 Å². The molecule has 1 aliphatic rings. The highest BCUT2D eigenvalue weighted by atomic mass is 35.5. The Morgan fingerprint density at radius 3 is 2.40 bits per heavy atom. The fourth-order valence-electron chi connectivity index (χ4n) is 1.13. The van der Waals surface area contributed by atoms with Gasteiger partial charge in [0, 0.05) is 11.8 Å². The summed E-state index contributed by atoms with van der Waals surface area (Å²) in [6.45, 7) is 0. The largest absolute Gasteiger partial charge is 0.306 e. The van der Waals surface area contributed by atoms with Crippen LogP contribution >= 0.6 is 24.2 Å². The summed E-state index contributed by atoms with van der Waals surface area (Å²) in [6, 6.07) is 0.851. The first-order chi connectivity index (χ1) is 4.30. The second kappa shape index (κ2) is 5.28. The number of hydrogen-bond acceptors (Lipinski definition) is 2. The SMILES string of the molecule is CN(C)C1CCCSC1.Cl. The summed E-state index contributed by atoms with van der Waals surface area (Å²) in [5.41, 5.74) is 0. The number of rotatable bonds is 1. The molecule has 1 saturated heterocycles. The van der Waals surface area contributed by atoms with Crippen LogP contribution in [0.1, 0.15) is 12.8 Å². The van der Waals surface area contributed by atoms with Crippen molar-refractivity contribution in [3.05, 3.63) is 0 Å². The van der Waals surface area contributed by atoms with E-state index in [1.165, 1.54) is 24.3 Å². The van der Waals surface area contributed by atoms with Gasteiger partial charge in [0.15, 0.2) is 0 Å². The summed E-state index contributed by atoms with van der Waals surface area (Å²) in [5, 5.41) is 0. The van der Waals surface area contributed by atoms with Crippen LogP contribution < -0.4 is 0 Å². The number of nitrogens with zero attached hydrogens (tertiary/aromatic N) is 1. The second-order valence-corrected chi connectivity index (χ2v) is 3.98. The standard InChI is InChI=1S/C7H15NS.ClH/c1-8(2)7-4-3-5-9-6-7;/h7H,3-6H2,1-2H3;1H. The van der Waals surface area contributed by atoms with Crippen LogP contribution in [-0.2, 0) is 0 Å². The van der Waals surface area contributed by atoms with Crippen molar-refractivity contribution < 1.29 is 0 Å². The van der Waals surface area contributed by atoms with Gasteiger partial charge in [-0.3, -0.25) is 0 Å². The molecule has 1 fully saturated rings. The lowest BCUT2D eigenvalue weighted by Crippen LogP contribution is -2.32. The zero-order chi connectivity index (χ0) is 6.69. The summed E-state index contributed by atoms with van der Waals surface area (Å²) < 4.78 is 0. The molecular formula is C7H16ClNS. The van der Waals surface area contributed by atoms with Crippen LogP contribution in [0, 0.1) is 0 Å². The summed E-state index contributed by atoms with van der Waals surface area (Å²) >= 11 is 2.09. The molecule has 1 rings (SSSR count). The molecule has 62 valence electrons. The molecule has 0 aromatic rings. The lowest BCUT2D eigenvalue weighted by molar-refractivity contribution is 0.298. The predicted molar refractivity (Wildman–Crippen MR) is 51.3 cm³/mol. The van der Waals surface area contributed by atoms with E-state index in [9.17, 15) is 0 Å². The molecule has 3 heteroatoms. The number of hydrogen-bond donors (Lipinski definition) is 0. The molecule has 0 radical (unpaired) electrons. The smallest absolute Gasteiger partial charge is 0.0180 e. The second-order valence-electron chi connectivity index (χ2n) is 2.83. The van der Waals surface area contributed by atoms with Gasteiger partial charge in [0.05, 0.1) is 0 Å². The molecule has 1 atom stereocenters. The Labute approximate surface area is 74.0 Å². The molecule has 0 saturated carbocycles. The van der Waals surface area contributed by atoms with E-state index >= 15 is 0 Å². The molecule has 0 aromatic carbocycles. The lowest BCUT2D eigenvalue weighted by Gasteiger charge is -2.27. The summed E-state index contributed by atoms with van der Waals surface area (Å²) in [6.07, 6.45) is 2.81. The van der Waals surface area contributed by atoms with Gasteiger partial charge in [-0.2, -0.15) is 11.8 Å². The molecule has 0 aliphatic carbocycles. The molecule has 0 spiro atoms. The Balaban J connectivity index is 0.000000810. The minimum Gasteiger partial charge on any atom is -0.306 e. The zero-order valence-electron chi connectivity index (χ0n) is 6.67. The van der Waals surface area contributed by atoms with Gasteiger partial charge >= 0.3 is 0 Å². The Kier molecular flexibility index (Phi) is 5.59. The highest BCUT2D eigenvalue weighted by Crippen LogP contribution is 2.19. The molecule has 0 amide bonds. The van der Waals surface area contributed by atoms with Crippen molar-refractivity contribution in [1.29, 1.82) is 0 Å². The van der Waals surface area contributed by atoms with Crippen LogP contribution in [0.3, 0.4) is 0 Å². The van der Waals surface area contributed by atoms with Crippen LogP contribution in [0.4, 0.5) is 0 Å². The van der Waals surface area contributed by atoms with Crippen molar-refractivity contribution in [2.24, 2.45) is 0 Å². The minimum atomic E-state index is 0. The van der Waals surface area contributed by atoms with E-state index in [0.717, 1.165) is 6.04 Å². The fourth-order valence-corrected chi connectivity index (χ4v) is 2.41. The normalized spacial score (nSPS) is 26.1. The van der Waals surface area contributed by atoms with E-state index in [1.807, 2.05) is 0 Å². The van der Waals surface area contributed by atoms with Crippen LogP contribution in [0.15, 0.2) is 0 Å². The summed E-state index contributed by atoms with van der Waals surface area (Å²) in [5.74, 6) is 2.72. The fraction of sp³-hybridized carbons (Fsp3) is 1.00. The highest BCUT2D eigenvalue weighted by molar-refractivity contribution is 7.99. The van der Waals surface area contributed by atoms with Gasteiger partial charge in [-0.1, -0.05) is 0 Å². The average Bonchev–Trinajstić information content (AvgIpc) is 1.90. The average molecular weight is 182 g/mol. The van der Waals surface area contributed by atoms with E-state index in [1.54, 1.807) is 0 Å².